The molecule has 0 rings (SSSR count). The third kappa shape index (κ3) is 17.8. The molecule has 1 nitrogen and oxygen atoms in total. The molecule has 0 atom stereocenters. The Kier molecular flexibility index (Phi) is 108. The van der Waals surface area contributed by atoms with Crippen molar-refractivity contribution in [3.63, 3.8) is 0 Å². The molecule has 0 aromatic rings. The molecule has 24 valence electrons. The Morgan fingerprint density at radius 3 is 1.40 bits per heavy atom. The summed E-state index contributed by atoms with van der Waals surface area (Å²) in [6.45, 7) is 0. The summed E-state index contributed by atoms with van der Waals surface area (Å²) < 4.78 is 8.06. The van der Waals surface area contributed by atoms with Crippen LogP contribution in [0.25, 0.3) is 0 Å². The Labute approximate surface area is 141 Å². The van der Waals surface area contributed by atoms with Crippen LogP contribution in [0.2, 0.25) is 0 Å². The van der Waals surface area contributed by atoms with Gasteiger partial charge in [-0.15, -0.1) is 0 Å². The minimum atomic E-state index is 0. The summed E-state index contributed by atoms with van der Waals surface area (Å²) >= 11 is 1.69. The summed E-state index contributed by atoms with van der Waals surface area (Å²) in [5.74, 6) is 0. The van der Waals surface area contributed by atoms with E-state index in [0.717, 1.165) is 0 Å². The van der Waals surface area contributed by atoms with Gasteiger partial charge in [0.15, 0.2) is 0 Å². The van der Waals surface area contributed by atoms with E-state index in [1.165, 1.54) is 0 Å². The van der Waals surface area contributed by atoms with Gasteiger partial charge in [-0.25, -0.2) is 0 Å². The van der Waals surface area contributed by atoms with Crippen LogP contribution < -0.4 is 0 Å². The summed E-state index contributed by atoms with van der Waals surface area (Å²) in [5.41, 5.74) is 0. The van der Waals surface area contributed by atoms with E-state index < -0.39 is 0 Å². The zero-order valence-corrected chi connectivity index (χ0v) is 14.0. The molecule has 0 aliphatic heterocycles. The fourth-order valence-electron chi connectivity index (χ4n) is 0. The second-order valence-electron chi connectivity index (χ2n) is 0. The van der Waals surface area contributed by atoms with Crippen LogP contribution in [0.5, 0.6) is 0 Å². The van der Waals surface area contributed by atoms with E-state index in [4.69, 9.17) is 3.83 Å². The standard InChI is InChI=1S/Ce.La.Mn.O.Sr.2H/q;;;;+2;2*-1. The largest absolute Gasteiger partial charge is 2.00 e. The van der Waals surface area contributed by atoms with Crippen LogP contribution in [-0.4, -0.2) is 45.5 Å². The number of rotatable bonds is 0. The smallest absolute Gasteiger partial charge is 2.00 e. The maximum Gasteiger partial charge on any atom is 2.00 e. The van der Waals surface area contributed by atoms with E-state index in [-0.39, 0.29) is 126 Å². The number of hydrogen-bond donors (Lipinski definition) is 0. The van der Waals surface area contributed by atoms with Crippen LogP contribution >= 0.6 is 0 Å². The molecule has 5 heavy (non-hydrogen) atoms. The fourth-order valence-corrected chi connectivity index (χ4v) is 0. The average Bonchev–Trinajstić information content (AvgIpc) is 1.00. The quantitative estimate of drug-likeness (QED) is 0.475. The first kappa shape index (κ1) is 22.8. The molecule has 0 saturated carbocycles. The number of hydrogen-bond acceptors (Lipinski definition) is 1. The van der Waals surface area contributed by atoms with Crippen molar-refractivity contribution >= 4 is 45.5 Å². The predicted molar refractivity (Wildman–Crippen MR) is 8.66 cm³/mol. The van der Waals surface area contributed by atoms with Gasteiger partial charge in [0.05, 0.1) is 0 Å². The molecule has 0 amide bonds. The SMILES string of the molecule is [Ce].[H-].[H-].[La].[O]=[Mn].[Sr+2]. The van der Waals surface area contributed by atoms with E-state index >= 15 is 0 Å². The first-order valence-electron chi connectivity index (χ1n) is 0.154. The Morgan fingerprint density at radius 1 is 1.40 bits per heavy atom. The van der Waals surface area contributed by atoms with E-state index in [2.05, 4.69) is 0 Å². The molecule has 0 saturated heterocycles. The molecule has 0 N–H and O–H groups in total. The van der Waals surface area contributed by atoms with Gasteiger partial charge in [0.1, 0.15) is 0 Å². The first-order valence-corrected chi connectivity index (χ1v) is 0.636. The average molecular weight is 440 g/mol. The summed E-state index contributed by atoms with van der Waals surface area (Å²) in [7, 11) is 0. The second-order valence-corrected chi connectivity index (χ2v) is 0. The van der Waals surface area contributed by atoms with Gasteiger partial charge in [0, 0.05) is 77.3 Å². The molecule has 0 aromatic carbocycles. The normalized spacial score (nSPS) is 0.800. The Morgan fingerprint density at radius 2 is 1.40 bits per heavy atom. The van der Waals surface area contributed by atoms with Crippen molar-refractivity contribution in [1.29, 1.82) is 0 Å². The van der Waals surface area contributed by atoms with Gasteiger partial charge in [0.25, 0.3) is 0 Å². The monoisotopic (exact) mass is 440 g/mol. The molecule has 0 fully saturated rings. The van der Waals surface area contributed by atoms with Crippen molar-refractivity contribution < 1.29 is 100.0 Å². The molecule has 0 spiro atoms. The molecule has 5 heteroatoms. The van der Waals surface area contributed by atoms with Gasteiger partial charge in [-0.2, -0.15) is 0 Å². The molecule has 1 radical (unpaired) electrons. The fraction of sp³-hybridized carbons (Fsp3) is 0. The third-order valence-corrected chi connectivity index (χ3v) is 0. The summed E-state index contributed by atoms with van der Waals surface area (Å²) in [6.07, 6.45) is 0. The van der Waals surface area contributed by atoms with E-state index in [1.807, 2.05) is 0 Å². The second kappa shape index (κ2) is 23.8. The van der Waals surface area contributed by atoms with Crippen molar-refractivity contribution in [2.45, 2.75) is 0 Å². The van der Waals surface area contributed by atoms with Crippen molar-refractivity contribution in [1.82, 2.24) is 0 Å². The zero-order chi connectivity index (χ0) is 2.00. The maximum atomic E-state index is 8.06. The van der Waals surface area contributed by atoms with E-state index in [9.17, 15) is 0 Å². The van der Waals surface area contributed by atoms with Crippen molar-refractivity contribution in [2.24, 2.45) is 0 Å². The molecule has 0 heterocycles. The molecule has 0 unspecified atom stereocenters. The Balaban J connectivity index is -0.000000000500. The molecular weight excluding hydrogens is 438 g/mol. The maximum absolute atomic E-state index is 8.06. The summed E-state index contributed by atoms with van der Waals surface area (Å²) in [4.78, 5) is 0. The van der Waals surface area contributed by atoms with Gasteiger partial charge in [-0.1, -0.05) is 0 Å². The summed E-state index contributed by atoms with van der Waals surface area (Å²) in [5, 5.41) is 0. The van der Waals surface area contributed by atoms with Gasteiger partial charge in [0.2, 0.25) is 0 Å². The van der Waals surface area contributed by atoms with Crippen LogP contribution in [0.3, 0.4) is 0 Å². The van der Waals surface area contributed by atoms with Crippen LogP contribution in [-0.2, 0) is 19.8 Å². The van der Waals surface area contributed by atoms with Crippen molar-refractivity contribution in [2.75, 3.05) is 0 Å². The zero-order valence-electron chi connectivity index (χ0n) is 4.57. The van der Waals surface area contributed by atoms with Crippen molar-refractivity contribution in [3.8, 4) is 0 Å². The van der Waals surface area contributed by atoms with Gasteiger partial charge in [-0.05, 0) is 0 Å². The molecule has 0 aliphatic carbocycles. The molecule has 0 bridgehead atoms. The van der Waals surface area contributed by atoms with Crippen LogP contribution in [0.15, 0.2) is 0 Å². The van der Waals surface area contributed by atoms with E-state index in [1.54, 1.807) is 15.9 Å². The molecule has 0 aliphatic rings. The summed E-state index contributed by atoms with van der Waals surface area (Å²) in [6, 6.07) is 0. The Bertz CT molecular complexity index is 17.7. The van der Waals surface area contributed by atoms with Gasteiger partial charge < -0.3 is 2.85 Å². The topological polar surface area (TPSA) is 17.1 Å². The molecule has 0 aromatic heterocycles. The van der Waals surface area contributed by atoms with Crippen LogP contribution in [0.4, 0.5) is 0 Å². The van der Waals surface area contributed by atoms with Crippen molar-refractivity contribution in [3.05, 3.63) is 0 Å². The third-order valence-electron chi connectivity index (χ3n) is 0. The van der Waals surface area contributed by atoms with Crippen LogP contribution in [0, 0.1) is 77.3 Å². The van der Waals surface area contributed by atoms with Gasteiger partial charge in [-0.3, -0.25) is 0 Å². The van der Waals surface area contributed by atoms with E-state index in [0.29, 0.717) is 0 Å². The van der Waals surface area contributed by atoms with Crippen LogP contribution in [0.1, 0.15) is 2.85 Å². The van der Waals surface area contributed by atoms with Gasteiger partial charge >= 0.3 is 65.3 Å². The molecular formula is H2CeLaMnOSr. The minimum Gasteiger partial charge on any atom is 2.00 e. The predicted octanol–water partition coefficient (Wildman–Crippen LogP) is -0.277. The minimum absolute atomic E-state index is 0. The first-order chi connectivity index (χ1) is 1.00. The Hall–Kier alpha value is 4.37.